The molecule has 0 aliphatic carbocycles. The molecule has 0 atom stereocenters. The highest BCUT2D eigenvalue weighted by Gasteiger charge is 2.20. The Morgan fingerprint density at radius 2 is 0.907 bits per heavy atom. The molecule has 0 spiro atoms. The predicted octanol–water partition coefficient (Wildman–Crippen LogP) is 14.5. The van der Waals surface area contributed by atoms with Crippen LogP contribution in [0.3, 0.4) is 0 Å². The zero-order valence-electron chi connectivity index (χ0n) is 29.5. The van der Waals surface area contributed by atoms with Crippen LogP contribution in [0.5, 0.6) is 0 Å². The first-order valence-electron chi connectivity index (χ1n) is 18.6. The van der Waals surface area contributed by atoms with E-state index in [0.717, 1.165) is 22.7 Å². The van der Waals surface area contributed by atoms with Crippen molar-refractivity contribution in [3.63, 3.8) is 0 Å². The summed E-state index contributed by atoms with van der Waals surface area (Å²) < 4.78 is 2.44. The molecule has 0 radical (unpaired) electrons. The topological polar surface area (TPSA) is 8.17 Å². The molecule has 0 saturated heterocycles. The molecule has 1 heterocycles. The molecule has 0 aliphatic rings. The zero-order chi connectivity index (χ0) is 35.6. The highest BCUT2D eigenvalue weighted by molar-refractivity contribution is 6.22. The summed E-state index contributed by atoms with van der Waals surface area (Å²) in [6.45, 7) is 0. The van der Waals surface area contributed by atoms with Crippen molar-refractivity contribution >= 4 is 82.0 Å². The van der Waals surface area contributed by atoms with Crippen molar-refractivity contribution in [3.8, 4) is 16.8 Å². The number of hydrogen-bond donors (Lipinski definition) is 0. The Bertz CT molecular complexity index is 3230. The number of benzene rings is 10. The van der Waals surface area contributed by atoms with Gasteiger partial charge in [0.05, 0.1) is 11.0 Å². The molecule has 1 aromatic heterocycles. The molecule has 2 heteroatoms. The molecule has 10 aromatic carbocycles. The van der Waals surface area contributed by atoms with Crippen LogP contribution in [0.2, 0.25) is 0 Å². The normalized spacial score (nSPS) is 11.7. The van der Waals surface area contributed by atoms with Gasteiger partial charge >= 0.3 is 0 Å². The Balaban J connectivity index is 1.15. The van der Waals surface area contributed by atoms with E-state index in [1.165, 1.54) is 76.0 Å². The van der Waals surface area contributed by atoms with Crippen LogP contribution in [0, 0.1) is 0 Å². The fraction of sp³-hybridized carbons (Fsp3) is 0. The quantitative estimate of drug-likeness (QED) is 0.164. The number of nitrogens with zero attached hydrogens (tertiary/aromatic N) is 2. The van der Waals surface area contributed by atoms with Gasteiger partial charge in [0.15, 0.2) is 0 Å². The lowest BCUT2D eigenvalue weighted by Crippen LogP contribution is -2.10. The summed E-state index contributed by atoms with van der Waals surface area (Å²) in [5, 5.41) is 12.5. The lowest BCUT2D eigenvalue weighted by atomic mass is 9.97. The summed E-state index contributed by atoms with van der Waals surface area (Å²) in [6.07, 6.45) is 0. The molecular formula is C52H34N2. The third kappa shape index (κ3) is 4.81. The molecule has 0 amide bonds. The standard InChI is InChI=1S/C52H34N2/c1-2-17-41(18-3-1)54-50-23-11-22-47(51(50)49-30-27-37-14-7-9-21-48(37)52(49)54)39-16-10-19-42(33-39)53(43-28-26-35-12-4-5-15-38(35)32-43)44-29-31-46-40(34-44)25-24-36-13-6-8-20-45(36)46/h1-34H. The van der Waals surface area contributed by atoms with Gasteiger partial charge in [-0.15, -0.1) is 0 Å². The van der Waals surface area contributed by atoms with E-state index in [1.54, 1.807) is 0 Å². The third-order valence-electron chi connectivity index (χ3n) is 11.1. The maximum Gasteiger partial charge on any atom is 0.0619 e. The lowest BCUT2D eigenvalue weighted by molar-refractivity contribution is 1.19. The van der Waals surface area contributed by atoms with Gasteiger partial charge in [-0.1, -0.05) is 152 Å². The molecule has 0 saturated carbocycles. The van der Waals surface area contributed by atoms with Crippen molar-refractivity contribution in [3.05, 3.63) is 206 Å². The molecule has 54 heavy (non-hydrogen) atoms. The van der Waals surface area contributed by atoms with Gasteiger partial charge in [-0.25, -0.2) is 0 Å². The first-order valence-corrected chi connectivity index (χ1v) is 18.6. The number of anilines is 3. The largest absolute Gasteiger partial charge is 0.310 e. The van der Waals surface area contributed by atoms with Crippen molar-refractivity contribution in [2.75, 3.05) is 4.90 Å². The van der Waals surface area contributed by atoms with Crippen molar-refractivity contribution in [1.29, 1.82) is 0 Å². The van der Waals surface area contributed by atoms with Gasteiger partial charge in [0.25, 0.3) is 0 Å². The van der Waals surface area contributed by atoms with Crippen LogP contribution in [0.4, 0.5) is 17.1 Å². The highest BCUT2D eigenvalue weighted by atomic mass is 15.1. The van der Waals surface area contributed by atoms with Crippen LogP contribution in [-0.4, -0.2) is 4.57 Å². The minimum atomic E-state index is 1.11. The summed E-state index contributed by atoms with van der Waals surface area (Å²) in [4.78, 5) is 2.41. The van der Waals surface area contributed by atoms with Crippen LogP contribution in [0.25, 0.3) is 81.7 Å². The number of para-hydroxylation sites is 1. The first-order chi connectivity index (χ1) is 26.8. The van der Waals surface area contributed by atoms with Gasteiger partial charge in [-0.05, 0) is 103 Å². The molecule has 0 N–H and O–H groups in total. The number of fused-ring (bicyclic) bond motifs is 9. The number of rotatable bonds is 5. The van der Waals surface area contributed by atoms with Crippen LogP contribution in [-0.2, 0) is 0 Å². The van der Waals surface area contributed by atoms with E-state index in [2.05, 4.69) is 216 Å². The molecule has 0 bridgehead atoms. The Kier molecular flexibility index (Phi) is 6.90. The Morgan fingerprint density at radius 3 is 1.76 bits per heavy atom. The van der Waals surface area contributed by atoms with Crippen LogP contribution in [0.1, 0.15) is 0 Å². The summed E-state index contributed by atoms with van der Waals surface area (Å²) in [5.74, 6) is 0. The molecule has 252 valence electrons. The first kappa shape index (κ1) is 30.5. The highest BCUT2D eigenvalue weighted by Crippen LogP contribution is 2.44. The second kappa shape index (κ2) is 12.2. The smallest absolute Gasteiger partial charge is 0.0619 e. The molecule has 11 rings (SSSR count). The summed E-state index contributed by atoms with van der Waals surface area (Å²) >= 11 is 0. The maximum atomic E-state index is 2.44. The van der Waals surface area contributed by atoms with E-state index >= 15 is 0 Å². The minimum absolute atomic E-state index is 1.11. The SMILES string of the molecule is c1ccc(-n2c3cccc(-c4cccc(N(c5ccc6ccccc6c5)c5ccc6c(ccc7ccccc76)c5)c4)c3c3ccc4ccccc4c32)cc1. The van der Waals surface area contributed by atoms with Gasteiger partial charge in [-0.3, -0.25) is 0 Å². The van der Waals surface area contributed by atoms with E-state index in [-0.39, 0.29) is 0 Å². The number of aromatic nitrogens is 1. The van der Waals surface area contributed by atoms with Crippen LogP contribution >= 0.6 is 0 Å². The molecule has 0 fully saturated rings. The van der Waals surface area contributed by atoms with Gasteiger partial charge < -0.3 is 9.47 Å². The van der Waals surface area contributed by atoms with E-state index < -0.39 is 0 Å². The van der Waals surface area contributed by atoms with Crippen molar-refractivity contribution in [1.82, 2.24) is 4.57 Å². The van der Waals surface area contributed by atoms with E-state index in [9.17, 15) is 0 Å². The Hall–Kier alpha value is -7.16. The fourth-order valence-corrected chi connectivity index (χ4v) is 8.63. The van der Waals surface area contributed by atoms with Crippen molar-refractivity contribution < 1.29 is 0 Å². The molecule has 0 aliphatic heterocycles. The molecule has 2 nitrogen and oxygen atoms in total. The summed E-state index contributed by atoms with van der Waals surface area (Å²) in [6, 6.07) is 75.3. The maximum absolute atomic E-state index is 2.44. The van der Waals surface area contributed by atoms with Gasteiger partial charge in [-0.2, -0.15) is 0 Å². The summed E-state index contributed by atoms with van der Waals surface area (Å²) in [7, 11) is 0. The fourth-order valence-electron chi connectivity index (χ4n) is 8.63. The molecule has 11 aromatic rings. The number of hydrogen-bond acceptors (Lipinski definition) is 1. The second-order valence-electron chi connectivity index (χ2n) is 14.2. The van der Waals surface area contributed by atoms with Gasteiger partial charge in [0.1, 0.15) is 0 Å². The van der Waals surface area contributed by atoms with Crippen molar-refractivity contribution in [2.45, 2.75) is 0 Å². The monoisotopic (exact) mass is 686 g/mol. The molecule has 0 unspecified atom stereocenters. The lowest BCUT2D eigenvalue weighted by Gasteiger charge is -2.27. The Morgan fingerprint density at radius 1 is 0.333 bits per heavy atom. The average Bonchev–Trinajstić information content (AvgIpc) is 3.59. The van der Waals surface area contributed by atoms with Gasteiger partial charge in [0.2, 0.25) is 0 Å². The summed E-state index contributed by atoms with van der Waals surface area (Å²) in [5.41, 5.74) is 9.34. The van der Waals surface area contributed by atoms with Crippen molar-refractivity contribution in [2.24, 2.45) is 0 Å². The van der Waals surface area contributed by atoms with E-state index in [0.29, 0.717) is 0 Å². The van der Waals surface area contributed by atoms with Gasteiger partial charge in [0, 0.05) is 38.9 Å². The average molecular weight is 687 g/mol. The third-order valence-corrected chi connectivity index (χ3v) is 11.1. The van der Waals surface area contributed by atoms with E-state index in [4.69, 9.17) is 0 Å². The zero-order valence-corrected chi connectivity index (χ0v) is 29.5. The molecular weight excluding hydrogens is 653 g/mol. The minimum Gasteiger partial charge on any atom is -0.310 e. The second-order valence-corrected chi connectivity index (χ2v) is 14.2. The van der Waals surface area contributed by atoms with E-state index in [1.807, 2.05) is 0 Å². The predicted molar refractivity (Wildman–Crippen MR) is 231 cm³/mol. The Labute approximate surface area is 313 Å². The van der Waals surface area contributed by atoms with Crippen LogP contribution < -0.4 is 4.90 Å². The van der Waals surface area contributed by atoms with Crippen LogP contribution in [0.15, 0.2) is 206 Å².